The number of hydrogen-bond acceptors (Lipinski definition) is 1. The Balaban J connectivity index is 2.53. The molecule has 4 heteroatoms. The monoisotopic (exact) mass is 151 g/mol. The molecule has 0 aromatic carbocycles. The summed E-state index contributed by atoms with van der Waals surface area (Å²) in [6.45, 7) is 0. The highest BCUT2D eigenvalue weighted by Gasteiger charge is 2.42. The van der Waals surface area contributed by atoms with Crippen LogP contribution in [0.3, 0.4) is 0 Å². The number of halogens is 3. The lowest BCUT2D eigenvalue weighted by Gasteiger charge is -2.11. The normalized spacial score (nSPS) is 27.5. The van der Waals surface area contributed by atoms with Crippen LogP contribution in [-0.2, 0) is 0 Å². The van der Waals surface area contributed by atoms with E-state index >= 15 is 0 Å². The molecule has 1 saturated carbocycles. The molecule has 1 fully saturated rings. The molecule has 1 nitrogen and oxygen atoms in total. The van der Waals surface area contributed by atoms with E-state index in [0.29, 0.717) is 6.42 Å². The van der Waals surface area contributed by atoms with Crippen molar-refractivity contribution in [1.29, 1.82) is 5.41 Å². The molecule has 1 aliphatic carbocycles. The van der Waals surface area contributed by atoms with Gasteiger partial charge in [-0.05, 0) is 19.3 Å². The maximum Gasteiger partial charge on any atom is 0.392 e. The van der Waals surface area contributed by atoms with Gasteiger partial charge in [0.15, 0.2) is 0 Å². The zero-order valence-corrected chi connectivity index (χ0v) is 5.33. The van der Waals surface area contributed by atoms with Crippen molar-refractivity contribution in [3.63, 3.8) is 0 Å². The number of nitrogens with one attached hydrogen (secondary N) is 1. The maximum atomic E-state index is 11.8. The zero-order chi connectivity index (χ0) is 7.78. The lowest BCUT2D eigenvalue weighted by Crippen LogP contribution is -2.19. The van der Waals surface area contributed by atoms with Gasteiger partial charge in [-0.1, -0.05) is 0 Å². The van der Waals surface area contributed by atoms with Gasteiger partial charge in [0.25, 0.3) is 0 Å². The maximum absolute atomic E-state index is 11.8. The van der Waals surface area contributed by atoms with Crippen LogP contribution in [0.1, 0.15) is 19.3 Å². The first-order chi connectivity index (χ1) is 4.50. The summed E-state index contributed by atoms with van der Waals surface area (Å²) in [7, 11) is 0. The minimum atomic E-state index is -4.08. The largest absolute Gasteiger partial charge is 0.392 e. The van der Waals surface area contributed by atoms with Gasteiger partial charge < -0.3 is 5.41 Å². The van der Waals surface area contributed by atoms with Crippen molar-refractivity contribution in [2.24, 2.45) is 5.92 Å². The molecule has 0 aromatic rings. The molecule has 0 spiro atoms. The predicted molar refractivity (Wildman–Crippen MR) is 31.1 cm³/mol. The second kappa shape index (κ2) is 2.25. The van der Waals surface area contributed by atoms with E-state index < -0.39 is 12.1 Å². The van der Waals surface area contributed by atoms with Gasteiger partial charge in [-0.15, -0.1) is 0 Å². The van der Waals surface area contributed by atoms with Crippen molar-refractivity contribution in [2.45, 2.75) is 25.4 Å². The predicted octanol–water partition coefficient (Wildman–Crippen LogP) is 2.37. The summed E-state index contributed by atoms with van der Waals surface area (Å²) in [6.07, 6.45) is -3.72. The lowest BCUT2D eigenvalue weighted by atomic mass is 10.1. The Labute approximate surface area is 56.7 Å². The summed E-state index contributed by atoms with van der Waals surface area (Å²) in [4.78, 5) is 0. The average Bonchev–Trinajstić information content (AvgIpc) is 2.11. The molecule has 0 bridgehead atoms. The van der Waals surface area contributed by atoms with Gasteiger partial charge >= 0.3 is 6.18 Å². The summed E-state index contributed by atoms with van der Waals surface area (Å²) in [6, 6.07) is 0. The molecule has 0 aliphatic heterocycles. The van der Waals surface area contributed by atoms with Gasteiger partial charge in [0.1, 0.15) is 0 Å². The number of alkyl halides is 3. The van der Waals surface area contributed by atoms with Gasteiger partial charge in [-0.25, -0.2) is 0 Å². The first kappa shape index (κ1) is 7.57. The van der Waals surface area contributed by atoms with E-state index in [2.05, 4.69) is 0 Å². The van der Waals surface area contributed by atoms with Crippen molar-refractivity contribution >= 4 is 5.71 Å². The third-order valence-electron chi connectivity index (χ3n) is 1.75. The van der Waals surface area contributed by atoms with E-state index in [-0.39, 0.29) is 18.6 Å². The van der Waals surface area contributed by atoms with Crippen LogP contribution in [0.25, 0.3) is 0 Å². The van der Waals surface area contributed by atoms with Crippen LogP contribution < -0.4 is 0 Å². The van der Waals surface area contributed by atoms with E-state index in [1.165, 1.54) is 0 Å². The molecule has 1 N–H and O–H groups in total. The Bertz CT molecular complexity index is 150. The lowest BCUT2D eigenvalue weighted by molar-refractivity contribution is -0.171. The zero-order valence-electron chi connectivity index (χ0n) is 5.33. The highest BCUT2D eigenvalue weighted by Crippen LogP contribution is 2.36. The van der Waals surface area contributed by atoms with Crippen LogP contribution in [0.15, 0.2) is 0 Å². The molecule has 1 aliphatic rings. The van der Waals surface area contributed by atoms with E-state index in [0.717, 1.165) is 0 Å². The SMILES string of the molecule is N=C1CC[C@H](C(F)(F)F)C1. The van der Waals surface area contributed by atoms with E-state index in [1.807, 2.05) is 0 Å². The summed E-state index contributed by atoms with van der Waals surface area (Å²) in [5, 5.41) is 6.96. The van der Waals surface area contributed by atoms with E-state index in [4.69, 9.17) is 5.41 Å². The Morgan fingerprint density at radius 1 is 1.40 bits per heavy atom. The van der Waals surface area contributed by atoms with Gasteiger partial charge in [0, 0.05) is 5.71 Å². The highest BCUT2D eigenvalue weighted by molar-refractivity contribution is 5.83. The fourth-order valence-corrected chi connectivity index (χ4v) is 1.13. The van der Waals surface area contributed by atoms with Crippen molar-refractivity contribution in [3.8, 4) is 0 Å². The average molecular weight is 151 g/mol. The standard InChI is InChI=1S/C6H8F3N/c7-6(8,9)4-1-2-5(10)3-4/h4,10H,1-3H2/t4-/m0/s1. The molecule has 0 radical (unpaired) electrons. The minimum Gasteiger partial charge on any atom is -0.310 e. The summed E-state index contributed by atoms with van der Waals surface area (Å²) >= 11 is 0. The highest BCUT2D eigenvalue weighted by atomic mass is 19.4. The minimum absolute atomic E-state index is 0.0799. The third-order valence-corrected chi connectivity index (χ3v) is 1.75. The van der Waals surface area contributed by atoms with Crippen LogP contribution in [0, 0.1) is 11.3 Å². The Hall–Kier alpha value is -0.540. The first-order valence-corrected chi connectivity index (χ1v) is 3.13. The molecule has 10 heavy (non-hydrogen) atoms. The number of rotatable bonds is 0. The molecule has 0 amide bonds. The second-order valence-electron chi connectivity index (χ2n) is 2.58. The van der Waals surface area contributed by atoms with Crippen LogP contribution in [-0.4, -0.2) is 11.9 Å². The summed E-state index contributed by atoms with van der Waals surface area (Å²) < 4.78 is 35.5. The van der Waals surface area contributed by atoms with Crippen molar-refractivity contribution in [2.75, 3.05) is 0 Å². The molecule has 0 aromatic heterocycles. The first-order valence-electron chi connectivity index (χ1n) is 3.13. The molecule has 0 saturated heterocycles. The van der Waals surface area contributed by atoms with E-state index in [1.54, 1.807) is 0 Å². The van der Waals surface area contributed by atoms with E-state index in [9.17, 15) is 13.2 Å². The molecule has 0 unspecified atom stereocenters. The van der Waals surface area contributed by atoms with Crippen molar-refractivity contribution in [3.05, 3.63) is 0 Å². The van der Waals surface area contributed by atoms with Gasteiger partial charge in [0.05, 0.1) is 5.92 Å². The smallest absolute Gasteiger partial charge is 0.310 e. The van der Waals surface area contributed by atoms with Crippen LogP contribution in [0.4, 0.5) is 13.2 Å². The second-order valence-corrected chi connectivity index (χ2v) is 2.58. The fourth-order valence-electron chi connectivity index (χ4n) is 1.13. The molecule has 58 valence electrons. The molecule has 1 rings (SSSR count). The quantitative estimate of drug-likeness (QED) is 0.549. The van der Waals surface area contributed by atoms with Crippen LogP contribution in [0.2, 0.25) is 0 Å². The fraction of sp³-hybridized carbons (Fsp3) is 0.833. The summed E-state index contributed by atoms with van der Waals surface area (Å²) in [5.41, 5.74) is 0.238. The Kier molecular flexibility index (Phi) is 1.70. The Morgan fingerprint density at radius 3 is 2.20 bits per heavy atom. The molecular formula is C6H8F3N. The molecule has 0 heterocycles. The van der Waals surface area contributed by atoms with Gasteiger partial charge in [-0.2, -0.15) is 13.2 Å². The van der Waals surface area contributed by atoms with Crippen molar-refractivity contribution in [1.82, 2.24) is 0 Å². The van der Waals surface area contributed by atoms with Crippen molar-refractivity contribution < 1.29 is 13.2 Å². The molecular weight excluding hydrogens is 143 g/mol. The molecule has 1 atom stereocenters. The summed E-state index contributed by atoms with van der Waals surface area (Å²) in [5.74, 6) is -1.24. The third kappa shape index (κ3) is 1.49. The van der Waals surface area contributed by atoms with Gasteiger partial charge in [-0.3, -0.25) is 0 Å². The van der Waals surface area contributed by atoms with Gasteiger partial charge in [0.2, 0.25) is 0 Å². The Morgan fingerprint density at radius 2 is 2.00 bits per heavy atom. The topological polar surface area (TPSA) is 23.9 Å². The van der Waals surface area contributed by atoms with Crippen LogP contribution in [0.5, 0.6) is 0 Å². The van der Waals surface area contributed by atoms with Crippen LogP contribution >= 0.6 is 0 Å². The number of hydrogen-bond donors (Lipinski definition) is 1.